The molecule has 0 saturated carbocycles. The van der Waals surface area contributed by atoms with E-state index in [0.29, 0.717) is 6.42 Å². The number of aryl methyl sites for hydroxylation is 1. The van der Waals surface area contributed by atoms with Gasteiger partial charge in [-0.05, 0) is 42.0 Å². The molecule has 2 rings (SSSR count). The highest BCUT2D eigenvalue weighted by Crippen LogP contribution is 2.21. The maximum absolute atomic E-state index is 12.3. The summed E-state index contributed by atoms with van der Waals surface area (Å²) < 4.78 is 9.89. The number of rotatable bonds is 9. The van der Waals surface area contributed by atoms with Crippen molar-refractivity contribution in [2.75, 3.05) is 14.2 Å². The molecule has 0 spiro atoms. The molecule has 1 aromatic carbocycles. The molecule has 1 unspecified atom stereocenters. The molecule has 0 aliphatic rings. The average molecular weight is 361 g/mol. The van der Waals surface area contributed by atoms with E-state index >= 15 is 0 Å². The van der Waals surface area contributed by atoms with Crippen LogP contribution >= 0.6 is 11.3 Å². The summed E-state index contributed by atoms with van der Waals surface area (Å²) in [6.07, 6.45) is 2.18. The molecule has 25 heavy (non-hydrogen) atoms. The number of carbonyl (C=O) groups is 2. The quantitative estimate of drug-likeness (QED) is 0.694. The predicted octanol–water partition coefficient (Wildman–Crippen LogP) is 3.50. The topological polar surface area (TPSA) is 64.6 Å². The Balaban J connectivity index is 1.94. The van der Waals surface area contributed by atoms with Gasteiger partial charge in [-0.15, -0.1) is 11.3 Å². The molecule has 1 amide bonds. The normalized spacial score (nSPS) is 11.6. The smallest absolute Gasteiger partial charge is 0.307 e. The van der Waals surface area contributed by atoms with Crippen LogP contribution in [0.25, 0.3) is 0 Å². The lowest BCUT2D eigenvalue weighted by molar-refractivity contribution is -0.141. The van der Waals surface area contributed by atoms with Crippen molar-refractivity contribution in [2.24, 2.45) is 0 Å². The fourth-order valence-electron chi connectivity index (χ4n) is 2.48. The van der Waals surface area contributed by atoms with E-state index in [-0.39, 0.29) is 18.3 Å². The number of amides is 1. The summed E-state index contributed by atoms with van der Waals surface area (Å²) in [6, 6.07) is 11.0. The van der Waals surface area contributed by atoms with E-state index < -0.39 is 6.04 Å². The summed E-state index contributed by atoms with van der Waals surface area (Å²) in [6.45, 7) is 0. The minimum absolute atomic E-state index is 0.0683. The zero-order valence-electron chi connectivity index (χ0n) is 14.5. The van der Waals surface area contributed by atoms with Crippen molar-refractivity contribution in [1.82, 2.24) is 5.32 Å². The molecule has 0 fully saturated rings. The molecule has 5 nitrogen and oxygen atoms in total. The van der Waals surface area contributed by atoms with Crippen molar-refractivity contribution in [2.45, 2.75) is 31.7 Å². The molecule has 1 heterocycles. The number of nitrogens with one attached hydrogen (secondary N) is 1. The molecule has 0 aliphatic carbocycles. The summed E-state index contributed by atoms with van der Waals surface area (Å²) in [5.74, 6) is 0.295. The molecule has 1 N–H and O–H groups in total. The monoisotopic (exact) mass is 361 g/mol. The highest BCUT2D eigenvalue weighted by atomic mass is 32.1. The van der Waals surface area contributed by atoms with Gasteiger partial charge in [0.1, 0.15) is 5.75 Å². The van der Waals surface area contributed by atoms with Gasteiger partial charge >= 0.3 is 5.97 Å². The van der Waals surface area contributed by atoms with Crippen molar-refractivity contribution in [3.05, 3.63) is 52.2 Å². The van der Waals surface area contributed by atoms with Crippen LogP contribution in [0, 0.1) is 0 Å². The Bertz CT molecular complexity index is 667. The van der Waals surface area contributed by atoms with Crippen LogP contribution in [0.4, 0.5) is 0 Å². The fraction of sp³-hybridized carbons (Fsp3) is 0.368. The van der Waals surface area contributed by atoms with E-state index in [1.165, 1.54) is 12.0 Å². The highest BCUT2D eigenvalue weighted by Gasteiger charge is 2.19. The summed E-state index contributed by atoms with van der Waals surface area (Å²) in [7, 11) is 2.94. The van der Waals surface area contributed by atoms with Gasteiger partial charge in [-0.25, -0.2) is 0 Å². The van der Waals surface area contributed by atoms with Crippen LogP contribution in [0.5, 0.6) is 5.75 Å². The van der Waals surface area contributed by atoms with Crippen LogP contribution < -0.4 is 10.1 Å². The molecule has 0 radical (unpaired) electrons. The van der Waals surface area contributed by atoms with E-state index in [1.54, 1.807) is 18.4 Å². The molecule has 1 atom stereocenters. The minimum atomic E-state index is -0.410. The molecular formula is C19H23NO4S. The Kier molecular flexibility index (Phi) is 7.47. The first-order chi connectivity index (χ1) is 12.1. The van der Waals surface area contributed by atoms with Gasteiger partial charge in [0.2, 0.25) is 5.91 Å². The first kappa shape index (κ1) is 19.0. The van der Waals surface area contributed by atoms with Gasteiger partial charge in [-0.1, -0.05) is 18.2 Å². The largest absolute Gasteiger partial charge is 0.497 e. The molecule has 0 bridgehead atoms. The number of esters is 1. The van der Waals surface area contributed by atoms with Crippen LogP contribution in [0.1, 0.15) is 35.7 Å². The summed E-state index contributed by atoms with van der Waals surface area (Å²) in [5, 5.41) is 4.97. The van der Waals surface area contributed by atoms with Crippen LogP contribution in [0.3, 0.4) is 0 Å². The second-order valence-corrected chi connectivity index (χ2v) is 6.64. The van der Waals surface area contributed by atoms with Gasteiger partial charge in [0.15, 0.2) is 0 Å². The second kappa shape index (κ2) is 9.84. The molecule has 1 aromatic heterocycles. The molecule has 2 aromatic rings. The first-order valence-corrected chi connectivity index (χ1v) is 9.03. The Morgan fingerprint density at radius 2 is 1.92 bits per heavy atom. The lowest BCUT2D eigenvalue weighted by atomic mass is 10.0. The minimum Gasteiger partial charge on any atom is -0.497 e. The van der Waals surface area contributed by atoms with Crippen LogP contribution in [0.15, 0.2) is 41.8 Å². The first-order valence-electron chi connectivity index (χ1n) is 8.15. The standard InChI is InChI=1S/C19H23NO4S/c1-23-15-10-8-14(9-11-15)17(13-19(22)24-2)20-18(21)7-3-5-16-6-4-12-25-16/h4,6,8-12,17H,3,5,7,13H2,1-2H3,(H,20,21). The fourth-order valence-corrected chi connectivity index (χ4v) is 3.23. The van der Waals surface area contributed by atoms with Crippen molar-refractivity contribution >= 4 is 23.2 Å². The van der Waals surface area contributed by atoms with E-state index in [2.05, 4.69) is 11.4 Å². The maximum Gasteiger partial charge on any atom is 0.307 e. The van der Waals surface area contributed by atoms with Crippen molar-refractivity contribution < 1.29 is 19.1 Å². The van der Waals surface area contributed by atoms with Crippen LogP contribution in [-0.4, -0.2) is 26.1 Å². The van der Waals surface area contributed by atoms with Gasteiger partial charge in [0.05, 0.1) is 26.7 Å². The third-order valence-corrected chi connectivity index (χ3v) is 4.80. The van der Waals surface area contributed by atoms with Gasteiger partial charge in [-0.2, -0.15) is 0 Å². The maximum atomic E-state index is 12.3. The number of ether oxygens (including phenoxy) is 2. The van der Waals surface area contributed by atoms with E-state index in [9.17, 15) is 9.59 Å². The summed E-state index contributed by atoms with van der Waals surface area (Å²) in [4.78, 5) is 25.2. The SMILES string of the molecule is COC(=O)CC(NC(=O)CCCc1cccs1)c1ccc(OC)cc1. The third-order valence-electron chi connectivity index (χ3n) is 3.86. The van der Waals surface area contributed by atoms with Crippen molar-refractivity contribution in [3.63, 3.8) is 0 Å². The second-order valence-electron chi connectivity index (χ2n) is 5.61. The number of thiophene rings is 1. The Labute approximate surface area is 152 Å². The zero-order valence-corrected chi connectivity index (χ0v) is 15.3. The van der Waals surface area contributed by atoms with E-state index in [1.807, 2.05) is 35.7 Å². The summed E-state index contributed by atoms with van der Waals surface area (Å²) in [5.41, 5.74) is 0.845. The highest BCUT2D eigenvalue weighted by molar-refractivity contribution is 7.09. The van der Waals surface area contributed by atoms with E-state index in [4.69, 9.17) is 9.47 Å². The molecule has 0 saturated heterocycles. The average Bonchev–Trinajstić information content (AvgIpc) is 3.14. The Morgan fingerprint density at radius 1 is 1.16 bits per heavy atom. The van der Waals surface area contributed by atoms with Gasteiger partial charge in [0, 0.05) is 11.3 Å². The van der Waals surface area contributed by atoms with Crippen LogP contribution in [-0.2, 0) is 20.7 Å². The van der Waals surface area contributed by atoms with Crippen LogP contribution in [0.2, 0.25) is 0 Å². The molecule has 6 heteroatoms. The Morgan fingerprint density at radius 3 is 2.52 bits per heavy atom. The molecule has 0 aliphatic heterocycles. The summed E-state index contributed by atoms with van der Waals surface area (Å²) >= 11 is 1.70. The van der Waals surface area contributed by atoms with Gasteiger partial charge in [-0.3, -0.25) is 9.59 Å². The predicted molar refractivity (Wildman–Crippen MR) is 97.8 cm³/mol. The number of carbonyl (C=O) groups excluding carboxylic acids is 2. The van der Waals surface area contributed by atoms with Crippen molar-refractivity contribution in [1.29, 1.82) is 0 Å². The number of hydrogen-bond acceptors (Lipinski definition) is 5. The lowest BCUT2D eigenvalue weighted by Gasteiger charge is -2.18. The van der Waals surface area contributed by atoms with Crippen molar-refractivity contribution in [3.8, 4) is 5.75 Å². The zero-order chi connectivity index (χ0) is 18.1. The number of methoxy groups -OCH3 is 2. The third kappa shape index (κ3) is 6.23. The number of benzene rings is 1. The van der Waals surface area contributed by atoms with Gasteiger partial charge < -0.3 is 14.8 Å². The molecule has 134 valence electrons. The van der Waals surface area contributed by atoms with E-state index in [0.717, 1.165) is 24.2 Å². The van der Waals surface area contributed by atoms with Gasteiger partial charge in [0.25, 0.3) is 0 Å². The Hall–Kier alpha value is -2.34. The lowest BCUT2D eigenvalue weighted by Crippen LogP contribution is -2.30. The number of hydrogen-bond donors (Lipinski definition) is 1. The molecular weight excluding hydrogens is 338 g/mol.